The zero-order chi connectivity index (χ0) is 14.8. The molecule has 0 unspecified atom stereocenters. The fraction of sp³-hybridized carbons (Fsp3) is 0.562. The van der Waals surface area contributed by atoms with Crippen LogP contribution in [-0.2, 0) is 0 Å². The largest absolute Gasteiger partial charge is 0.508 e. The molecule has 1 fully saturated rings. The Hall–Kier alpha value is -1.39. The molecule has 4 nitrogen and oxygen atoms in total. The second-order valence-electron chi connectivity index (χ2n) is 6.11. The van der Waals surface area contributed by atoms with Gasteiger partial charge in [-0.1, -0.05) is 0 Å². The third-order valence-electron chi connectivity index (χ3n) is 4.40. The van der Waals surface area contributed by atoms with E-state index >= 15 is 0 Å². The Morgan fingerprint density at radius 2 is 1.80 bits per heavy atom. The number of carbonyl (C=O) groups excluding carboxylic acids is 1. The smallest absolute Gasteiger partial charge is 0.176 e. The monoisotopic (exact) mass is 276 g/mol. The second-order valence-corrected chi connectivity index (χ2v) is 6.11. The maximum absolute atomic E-state index is 12.2. The third kappa shape index (κ3) is 3.19. The second kappa shape index (κ2) is 5.94. The van der Waals surface area contributed by atoms with Crippen molar-refractivity contribution >= 4 is 5.78 Å². The number of nitrogens with zero attached hydrogens (tertiary/aromatic N) is 2. The van der Waals surface area contributed by atoms with Gasteiger partial charge in [-0.2, -0.15) is 0 Å². The van der Waals surface area contributed by atoms with E-state index in [9.17, 15) is 9.90 Å². The summed E-state index contributed by atoms with van der Waals surface area (Å²) in [5.74, 6) is 0.289. The number of aromatic hydroxyl groups is 1. The van der Waals surface area contributed by atoms with Gasteiger partial charge in [-0.05, 0) is 64.7 Å². The number of ketones is 1. The predicted molar refractivity (Wildman–Crippen MR) is 80.2 cm³/mol. The summed E-state index contributed by atoms with van der Waals surface area (Å²) < 4.78 is 0. The van der Waals surface area contributed by atoms with E-state index in [0.29, 0.717) is 12.1 Å². The molecule has 0 radical (unpaired) electrons. The van der Waals surface area contributed by atoms with Gasteiger partial charge >= 0.3 is 0 Å². The maximum Gasteiger partial charge on any atom is 0.176 e. The van der Waals surface area contributed by atoms with E-state index in [1.54, 1.807) is 24.3 Å². The van der Waals surface area contributed by atoms with Gasteiger partial charge < -0.3 is 10.0 Å². The van der Waals surface area contributed by atoms with Gasteiger partial charge in [-0.3, -0.25) is 9.69 Å². The number of likely N-dealkylation sites (N-methyl/N-ethyl adjacent to an activating group) is 2. The van der Waals surface area contributed by atoms with Crippen LogP contribution in [0.2, 0.25) is 0 Å². The number of hydrogen-bond acceptors (Lipinski definition) is 4. The lowest BCUT2D eigenvalue weighted by atomic mass is 9.75. The van der Waals surface area contributed by atoms with Gasteiger partial charge in [0.2, 0.25) is 0 Å². The first-order chi connectivity index (χ1) is 9.43. The first-order valence-electron chi connectivity index (χ1n) is 7.11. The molecule has 1 aromatic carbocycles. The molecule has 0 saturated heterocycles. The van der Waals surface area contributed by atoms with Gasteiger partial charge in [-0.15, -0.1) is 0 Å². The van der Waals surface area contributed by atoms with E-state index in [0.717, 1.165) is 6.54 Å². The predicted octanol–water partition coefficient (Wildman–Crippen LogP) is 1.99. The van der Waals surface area contributed by atoms with Crippen LogP contribution in [0.1, 0.15) is 29.6 Å². The molecule has 0 aromatic heterocycles. The van der Waals surface area contributed by atoms with E-state index in [4.69, 9.17) is 0 Å². The van der Waals surface area contributed by atoms with Crippen LogP contribution in [0.3, 0.4) is 0 Å². The molecule has 0 heterocycles. The topological polar surface area (TPSA) is 43.8 Å². The summed E-state index contributed by atoms with van der Waals surface area (Å²) in [6, 6.07) is 6.47. The van der Waals surface area contributed by atoms with Gasteiger partial charge in [0.15, 0.2) is 5.78 Å². The van der Waals surface area contributed by atoms with Gasteiger partial charge in [-0.25, -0.2) is 0 Å². The SMILES string of the molecule is CN(CC(=O)c1ccc(O)cc1)CC1(N(C)C)CCC1. The molecule has 1 aliphatic carbocycles. The van der Waals surface area contributed by atoms with E-state index in [1.165, 1.54) is 19.3 Å². The summed E-state index contributed by atoms with van der Waals surface area (Å²) in [6.07, 6.45) is 3.69. The first kappa shape index (κ1) is 15.0. The molecule has 1 N–H and O–H groups in total. The molecule has 1 aromatic rings. The summed E-state index contributed by atoms with van der Waals surface area (Å²) in [5.41, 5.74) is 0.895. The zero-order valence-electron chi connectivity index (χ0n) is 12.6. The van der Waals surface area contributed by atoms with Crippen LogP contribution >= 0.6 is 0 Å². The summed E-state index contributed by atoms with van der Waals surface area (Å²) in [4.78, 5) is 16.6. The Labute approximate surface area is 121 Å². The molecule has 0 bridgehead atoms. The highest BCUT2D eigenvalue weighted by atomic mass is 16.3. The number of phenolic OH excluding ortho intramolecular Hbond substituents is 1. The molecular weight excluding hydrogens is 252 g/mol. The molecule has 0 aliphatic heterocycles. The van der Waals surface area contributed by atoms with E-state index in [2.05, 4.69) is 23.9 Å². The van der Waals surface area contributed by atoms with E-state index < -0.39 is 0 Å². The highest BCUT2D eigenvalue weighted by Gasteiger charge is 2.39. The average molecular weight is 276 g/mol. The normalized spacial score (nSPS) is 17.2. The molecule has 0 atom stereocenters. The highest BCUT2D eigenvalue weighted by Crippen LogP contribution is 2.36. The fourth-order valence-corrected chi connectivity index (χ4v) is 2.87. The number of carbonyl (C=O) groups is 1. The lowest BCUT2D eigenvalue weighted by Crippen LogP contribution is -2.57. The standard InChI is InChI=1S/C16H24N2O2/c1-17(2)16(9-4-10-16)12-18(3)11-15(20)13-5-7-14(19)8-6-13/h5-8,19H,4,9-12H2,1-3H3. The minimum absolute atomic E-state index is 0.0979. The number of benzene rings is 1. The third-order valence-corrected chi connectivity index (χ3v) is 4.40. The Morgan fingerprint density at radius 1 is 1.20 bits per heavy atom. The number of Topliss-reactive ketones (excluding diaryl/α,β-unsaturated/α-hetero) is 1. The van der Waals surface area contributed by atoms with Crippen molar-refractivity contribution in [2.45, 2.75) is 24.8 Å². The maximum atomic E-state index is 12.2. The first-order valence-corrected chi connectivity index (χ1v) is 7.11. The molecular formula is C16H24N2O2. The molecule has 0 amide bonds. The van der Waals surface area contributed by atoms with Crippen molar-refractivity contribution in [3.8, 4) is 5.75 Å². The van der Waals surface area contributed by atoms with Crippen molar-refractivity contribution in [3.05, 3.63) is 29.8 Å². The summed E-state index contributed by atoms with van der Waals surface area (Å²) in [7, 11) is 6.24. The van der Waals surface area contributed by atoms with Crippen LogP contribution in [0.15, 0.2) is 24.3 Å². The van der Waals surface area contributed by atoms with E-state index in [-0.39, 0.29) is 17.1 Å². The van der Waals surface area contributed by atoms with Crippen molar-refractivity contribution in [2.24, 2.45) is 0 Å². The Bertz CT molecular complexity index is 464. The van der Waals surface area contributed by atoms with Crippen LogP contribution in [0, 0.1) is 0 Å². The van der Waals surface area contributed by atoms with Crippen molar-refractivity contribution < 1.29 is 9.90 Å². The van der Waals surface area contributed by atoms with Crippen LogP contribution in [0.25, 0.3) is 0 Å². The molecule has 4 heteroatoms. The van der Waals surface area contributed by atoms with Gasteiger partial charge in [0, 0.05) is 17.6 Å². The lowest BCUT2D eigenvalue weighted by molar-refractivity contribution is 0.0280. The average Bonchev–Trinajstić information content (AvgIpc) is 2.34. The quantitative estimate of drug-likeness (QED) is 0.807. The van der Waals surface area contributed by atoms with Gasteiger partial charge in [0.1, 0.15) is 5.75 Å². The lowest BCUT2D eigenvalue weighted by Gasteiger charge is -2.49. The molecule has 20 heavy (non-hydrogen) atoms. The minimum Gasteiger partial charge on any atom is -0.508 e. The highest BCUT2D eigenvalue weighted by molar-refractivity contribution is 5.97. The number of phenols is 1. The van der Waals surface area contributed by atoms with Crippen LogP contribution in [-0.4, -0.2) is 60.5 Å². The zero-order valence-corrected chi connectivity index (χ0v) is 12.6. The van der Waals surface area contributed by atoms with Gasteiger partial charge in [0.05, 0.1) is 6.54 Å². The Balaban J connectivity index is 1.92. The molecule has 2 rings (SSSR count). The number of rotatable bonds is 6. The van der Waals surface area contributed by atoms with Crippen molar-refractivity contribution in [1.29, 1.82) is 0 Å². The van der Waals surface area contributed by atoms with Crippen molar-refractivity contribution in [3.63, 3.8) is 0 Å². The van der Waals surface area contributed by atoms with Crippen molar-refractivity contribution in [1.82, 2.24) is 9.80 Å². The molecule has 110 valence electrons. The summed E-state index contributed by atoms with van der Waals surface area (Å²) in [5, 5.41) is 9.25. The van der Waals surface area contributed by atoms with Crippen LogP contribution in [0.4, 0.5) is 0 Å². The Kier molecular flexibility index (Phi) is 4.45. The number of hydrogen-bond donors (Lipinski definition) is 1. The summed E-state index contributed by atoms with van der Waals surface area (Å²) >= 11 is 0. The van der Waals surface area contributed by atoms with Crippen LogP contribution in [0.5, 0.6) is 5.75 Å². The van der Waals surface area contributed by atoms with Crippen LogP contribution < -0.4 is 0 Å². The summed E-state index contributed by atoms with van der Waals surface area (Å²) in [6.45, 7) is 1.34. The molecule has 1 aliphatic rings. The molecule has 0 spiro atoms. The van der Waals surface area contributed by atoms with Gasteiger partial charge in [0.25, 0.3) is 0 Å². The van der Waals surface area contributed by atoms with E-state index in [1.807, 2.05) is 7.05 Å². The molecule has 1 saturated carbocycles. The Morgan fingerprint density at radius 3 is 2.25 bits per heavy atom. The fourth-order valence-electron chi connectivity index (χ4n) is 2.87. The minimum atomic E-state index is 0.0979. The van der Waals surface area contributed by atoms with Crippen molar-refractivity contribution in [2.75, 3.05) is 34.2 Å².